The Morgan fingerprint density at radius 1 is 1.11 bits per heavy atom. The Labute approximate surface area is 161 Å². The molecule has 0 aliphatic heterocycles. The van der Waals surface area contributed by atoms with Crippen molar-refractivity contribution in [1.29, 1.82) is 0 Å². The number of allylic oxidation sites excluding steroid dienone is 1. The molecule has 3 rings (SSSR count). The molecular weight excluding hydrogens is 333 g/mol. The van der Waals surface area contributed by atoms with Gasteiger partial charge in [0.25, 0.3) is 0 Å². The molecule has 27 heavy (non-hydrogen) atoms. The number of alkyl halides is 1. The first-order valence-electron chi connectivity index (χ1n) is 9.38. The number of nitrogens with zero attached hydrogens (tertiary/aromatic N) is 1. The molecule has 1 aromatic heterocycles. The fourth-order valence-electron chi connectivity index (χ4n) is 3.00. The van der Waals surface area contributed by atoms with Crippen molar-refractivity contribution in [3.8, 4) is 23.1 Å². The van der Waals surface area contributed by atoms with Crippen LogP contribution in [0.4, 0.5) is 4.39 Å². The van der Waals surface area contributed by atoms with Crippen molar-refractivity contribution in [2.45, 2.75) is 38.8 Å². The molecule has 0 spiro atoms. The normalized spacial score (nSPS) is 11.6. The van der Waals surface area contributed by atoms with Crippen LogP contribution in [0.1, 0.15) is 37.3 Å². The van der Waals surface area contributed by atoms with Crippen LogP contribution in [-0.2, 0) is 6.42 Å². The van der Waals surface area contributed by atoms with Gasteiger partial charge in [-0.3, -0.25) is 4.98 Å². The number of rotatable bonds is 6. The lowest BCUT2D eigenvalue weighted by molar-refractivity contribution is 0.336. The van der Waals surface area contributed by atoms with Gasteiger partial charge in [0.15, 0.2) is 0 Å². The van der Waals surface area contributed by atoms with Crippen LogP contribution in [0.2, 0.25) is 0 Å². The number of hydrogen-bond acceptors (Lipinski definition) is 1. The van der Waals surface area contributed by atoms with Gasteiger partial charge in [-0.15, -0.1) is 6.58 Å². The summed E-state index contributed by atoms with van der Waals surface area (Å²) < 4.78 is 12.8. The second-order valence-electron chi connectivity index (χ2n) is 6.80. The Bertz CT molecular complexity index is 975. The summed E-state index contributed by atoms with van der Waals surface area (Å²) in [4.78, 5) is 4.61. The van der Waals surface area contributed by atoms with Crippen LogP contribution in [0.5, 0.6) is 0 Å². The van der Waals surface area contributed by atoms with Crippen molar-refractivity contribution in [1.82, 2.24) is 4.98 Å². The zero-order valence-corrected chi connectivity index (χ0v) is 15.7. The van der Waals surface area contributed by atoms with E-state index in [0.717, 1.165) is 41.5 Å². The molecule has 0 radical (unpaired) electrons. The third-order valence-corrected chi connectivity index (χ3v) is 4.48. The van der Waals surface area contributed by atoms with Crippen LogP contribution in [0, 0.1) is 11.8 Å². The molecule has 2 aromatic carbocycles. The smallest absolute Gasteiger partial charge is 0.0973 e. The van der Waals surface area contributed by atoms with Gasteiger partial charge in [-0.25, -0.2) is 4.39 Å². The highest BCUT2D eigenvalue weighted by Gasteiger charge is 2.02. The van der Waals surface area contributed by atoms with Crippen LogP contribution in [0.15, 0.2) is 67.4 Å². The van der Waals surface area contributed by atoms with Gasteiger partial charge in [0, 0.05) is 29.1 Å². The van der Waals surface area contributed by atoms with Crippen molar-refractivity contribution in [2.75, 3.05) is 0 Å². The van der Waals surface area contributed by atoms with Crippen molar-refractivity contribution in [2.24, 2.45) is 0 Å². The second-order valence-corrected chi connectivity index (χ2v) is 6.80. The number of halogens is 1. The minimum Gasteiger partial charge on any atom is -0.256 e. The summed E-state index contributed by atoms with van der Waals surface area (Å²) >= 11 is 0. The lowest BCUT2D eigenvalue weighted by Crippen LogP contribution is -1.90. The summed E-state index contributed by atoms with van der Waals surface area (Å²) in [6, 6.07) is 16.7. The zero-order valence-electron chi connectivity index (χ0n) is 15.7. The summed E-state index contributed by atoms with van der Waals surface area (Å²) in [7, 11) is 0. The van der Waals surface area contributed by atoms with Crippen LogP contribution >= 0.6 is 0 Å². The number of unbranched alkanes of at least 4 members (excludes halogenated alkanes) is 1. The maximum absolute atomic E-state index is 12.8. The summed E-state index contributed by atoms with van der Waals surface area (Å²) in [5.74, 6) is 6.26. The Morgan fingerprint density at radius 3 is 2.67 bits per heavy atom. The van der Waals surface area contributed by atoms with Crippen LogP contribution in [0.3, 0.4) is 0 Å². The summed E-state index contributed by atoms with van der Waals surface area (Å²) in [6.45, 7) is 5.38. The van der Waals surface area contributed by atoms with E-state index < -0.39 is 6.17 Å². The van der Waals surface area contributed by atoms with Crippen LogP contribution in [0.25, 0.3) is 22.0 Å². The van der Waals surface area contributed by atoms with E-state index >= 15 is 0 Å². The average Bonchev–Trinajstić information content (AvgIpc) is 2.68. The SMILES string of the molecule is C=CCc1ccc2cc(-c3ccc(C#CCCCC(C)F)cc3)ncc2c1. The molecule has 0 fully saturated rings. The van der Waals surface area contributed by atoms with Gasteiger partial charge < -0.3 is 0 Å². The van der Waals surface area contributed by atoms with E-state index in [1.807, 2.05) is 36.5 Å². The highest BCUT2D eigenvalue weighted by molar-refractivity contribution is 5.85. The lowest BCUT2D eigenvalue weighted by Gasteiger charge is -2.05. The molecule has 0 aliphatic rings. The van der Waals surface area contributed by atoms with E-state index in [4.69, 9.17) is 0 Å². The first kappa shape index (κ1) is 18.9. The Balaban J connectivity index is 1.72. The monoisotopic (exact) mass is 357 g/mol. The molecule has 1 unspecified atom stereocenters. The largest absolute Gasteiger partial charge is 0.256 e. The molecule has 1 atom stereocenters. The van der Waals surface area contributed by atoms with Gasteiger partial charge in [-0.1, -0.05) is 42.2 Å². The molecule has 0 saturated heterocycles. The third-order valence-electron chi connectivity index (χ3n) is 4.48. The molecule has 0 bridgehead atoms. The fourth-order valence-corrected chi connectivity index (χ4v) is 3.00. The maximum Gasteiger partial charge on any atom is 0.0973 e. The summed E-state index contributed by atoms with van der Waals surface area (Å²) in [6.07, 6.45) is 6.08. The van der Waals surface area contributed by atoms with E-state index in [9.17, 15) is 4.39 Å². The summed E-state index contributed by atoms with van der Waals surface area (Å²) in [5, 5.41) is 2.32. The van der Waals surface area contributed by atoms with Crippen LogP contribution in [-0.4, -0.2) is 11.2 Å². The van der Waals surface area contributed by atoms with Gasteiger partial charge in [-0.2, -0.15) is 0 Å². The fraction of sp³-hybridized carbons (Fsp3) is 0.240. The van der Waals surface area contributed by atoms with Crippen molar-refractivity contribution < 1.29 is 4.39 Å². The number of hydrogen-bond donors (Lipinski definition) is 0. The second kappa shape index (κ2) is 9.14. The van der Waals surface area contributed by atoms with Gasteiger partial charge in [0.2, 0.25) is 0 Å². The Morgan fingerprint density at radius 2 is 1.93 bits per heavy atom. The number of benzene rings is 2. The predicted molar refractivity (Wildman–Crippen MR) is 112 cm³/mol. The van der Waals surface area contributed by atoms with E-state index in [2.05, 4.69) is 47.7 Å². The van der Waals surface area contributed by atoms with Crippen LogP contribution < -0.4 is 0 Å². The minimum atomic E-state index is -0.742. The van der Waals surface area contributed by atoms with Gasteiger partial charge in [-0.05, 0) is 61.4 Å². The first-order valence-corrected chi connectivity index (χ1v) is 9.38. The van der Waals surface area contributed by atoms with Gasteiger partial charge >= 0.3 is 0 Å². The minimum absolute atomic E-state index is 0.580. The van der Waals surface area contributed by atoms with E-state index in [-0.39, 0.29) is 0 Å². The first-order chi connectivity index (χ1) is 13.2. The van der Waals surface area contributed by atoms with E-state index in [1.54, 1.807) is 6.92 Å². The zero-order chi connectivity index (χ0) is 19.1. The highest BCUT2D eigenvalue weighted by atomic mass is 19.1. The van der Waals surface area contributed by atoms with Gasteiger partial charge in [0.1, 0.15) is 0 Å². The molecular formula is C25H24FN. The quantitative estimate of drug-likeness (QED) is 0.278. The molecule has 0 aliphatic carbocycles. The molecule has 3 aromatic rings. The maximum atomic E-state index is 12.8. The Kier molecular flexibility index (Phi) is 6.39. The molecule has 1 nitrogen and oxygen atoms in total. The number of aromatic nitrogens is 1. The molecule has 2 heteroatoms. The molecule has 0 amide bonds. The topological polar surface area (TPSA) is 12.9 Å². The number of fused-ring (bicyclic) bond motifs is 1. The molecule has 136 valence electrons. The van der Waals surface area contributed by atoms with Crippen molar-refractivity contribution >= 4 is 10.8 Å². The molecule has 0 saturated carbocycles. The van der Waals surface area contributed by atoms with Crippen molar-refractivity contribution in [3.05, 3.63) is 78.5 Å². The number of pyridine rings is 1. The van der Waals surface area contributed by atoms with E-state index in [1.165, 1.54) is 10.9 Å². The van der Waals surface area contributed by atoms with Gasteiger partial charge in [0.05, 0.1) is 11.9 Å². The highest BCUT2D eigenvalue weighted by Crippen LogP contribution is 2.23. The standard InChI is InChI=1S/C25H24FN/c1-3-7-21-12-15-23-17-25(27-18-24(23)16-21)22-13-10-20(11-14-22)9-6-4-5-8-19(2)26/h3,10-19H,1,4-5,7-8H2,2H3. The lowest BCUT2D eigenvalue weighted by atomic mass is 10.0. The molecule has 1 heterocycles. The Hall–Kier alpha value is -2.92. The summed E-state index contributed by atoms with van der Waals surface area (Å²) in [5.41, 5.74) is 4.25. The third kappa shape index (κ3) is 5.28. The van der Waals surface area contributed by atoms with E-state index in [0.29, 0.717) is 6.42 Å². The van der Waals surface area contributed by atoms with Crippen molar-refractivity contribution in [3.63, 3.8) is 0 Å². The molecule has 0 N–H and O–H groups in total. The average molecular weight is 357 g/mol. The predicted octanol–water partition coefficient (Wildman–Crippen LogP) is 6.51.